The zero-order chi connectivity index (χ0) is 10.0. The van der Waals surface area contributed by atoms with Gasteiger partial charge in [0.2, 0.25) is 0 Å². The summed E-state index contributed by atoms with van der Waals surface area (Å²) in [5.74, 6) is -0.786. The average molecular weight is 201 g/mol. The van der Waals surface area contributed by atoms with E-state index in [9.17, 15) is 4.79 Å². The fourth-order valence-corrected chi connectivity index (χ4v) is 2.18. The van der Waals surface area contributed by atoms with Gasteiger partial charge in [0.1, 0.15) is 0 Å². The third-order valence-electron chi connectivity index (χ3n) is 2.90. The van der Waals surface area contributed by atoms with Gasteiger partial charge < -0.3 is 14.6 Å². The van der Waals surface area contributed by atoms with Gasteiger partial charge in [0.05, 0.1) is 38.4 Å². The van der Waals surface area contributed by atoms with Crippen LogP contribution in [-0.2, 0) is 14.3 Å². The quantitative estimate of drug-likeness (QED) is 0.656. The van der Waals surface area contributed by atoms with Gasteiger partial charge in [-0.3, -0.25) is 9.69 Å². The largest absolute Gasteiger partial charge is 0.481 e. The number of morpholine rings is 2. The lowest BCUT2D eigenvalue weighted by atomic mass is 9.92. The van der Waals surface area contributed by atoms with Crippen molar-refractivity contribution >= 4 is 5.97 Å². The fraction of sp³-hybridized carbons (Fsp3) is 0.889. The number of carboxylic acids is 1. The van der Waals surface area contributed by atoms with E-state index in [0.717, 1.165) is 13.1 Å². The van der Waals surface area contributed by atoms with Crippen LogP contribution in [-0.4, -0.2) is 61.0 Å². The van der Waals surface area contributed by atoms with Crippen molar-refractivity contribution in [2.24, 2.45) is 0 Å². The van der Waals surface area contributed by atoms with E-state index in [1.165, 1.54) is 0 Å². The van der Waals surface area contributed by atoms with Gasteiger partial charge in [-0.2, -0.15) is 0 Å². The lowest BCUT2D eigenvalue weighted by Gasteiger charge is -2.48. The fourth-order valence-electron chi connectivity index (χ4n) is 2.18. The Morgan fingerprint density at radius 3 is 2.36 bits per heavy atom. The minimum Gasteiger partial charge on any atom is -0.481 e. The third kappa shape index (κ3) is 1.75. The maximum atomic E-state index is 10.8. The first-order valence-electron chi connectivity index (χ1n) is 4.85. The van der Waals surface area contributed by atoms with Crippen molar-refractivity contribution in [2.45, 2.75) is 12.0 Å². The van der Waals surface area contributed by atoms with E-state index in [4.69, 9.17) is 14.6 Å². The molecule has 80 valence electrons. The molecule has 0 aromatic carbocycles. The van der Waals surface area contributed by atoms with Crippen molar-refractivity contribution in [3.8, 4) is 0 Å². The van der Waals surface area contributed by atoms with Crippen LogP contribution in [0.3, 0.4) is 0 Å². The molecule has 2 heterocycles. The third-order valence-corrected chi connectivity index (χ3v) is 2.90. The van der Waals surface area contributed by atoms with Crippen molar-refractivity contribution in [2.75, 3.05) is 39.5 Å². The Morgan fingerprint density at radius 1 is 1.29 bits per heavy atom. The first kappa shape index (κ1) is 9.89. The average Bonchev–Trinajstić information content (AvgIpc) is 2.16. The molecule has 0 saturated carbocycles. The van der Waals surface area contributed by atoms with Crippen LogP contribution in [0.5, 0.6) is 0 Å². The topological polar surface area (TPSA) is 59.0 Å². The molecule has 0 bridgehead atoms. The van der Waals surface area contributed by atoms with Gasteiger partial charge >= 0.3 is 5.97 Å². The van der Waals surface area contributed by atoms with Crippen LogP contribution < -0.4 is 0 Å². The molecular weight excluding hydrogens is 186 g/mol. The van der Waals surface area contributed by atoms with Crippen molar-refractivity contribution in [3.63, 3.8) is 0 Å². The molecule has 14 heavy (non-hydrogen) atoms. The summed E-state index contributed by atoms with van der Waals surface area (Å²) in [6, 6.07) is 0. The number of fused-ring (bicyclic) bond motifs is 1. The number of ether oxygens (including phenoxy) is 2. The van der Waals surface area contributed by atoms with Crippen LogP contribution in [0.4, 0.5) is 0 Å². The smallest absolute Gasteiger partial charge is 0.305 e. The summed E-state index contributed by atoms with van der Waals surface area (Å²) in [7, 11) is 0. The summed E-state index contributed by atoms with van der Waals surface area (Å²) in [5.41, 5.74) is -0.414. The number of carboxylic acid groups (broad SMARTS) is 1. The molecule has 0 aromatic heterocycles. The highest BCUT2D eigenvalue weighted by molar-refractivity contribution is 5.68. The number of hydrogen-bond donors (Lipinski definition) is 1. The first-order valence-corrected chi connectivity index (χ1v) is 4.85. The second-order valence-electron chi connectivity index (χ2n) is 3.89. The molecule has 2 aliphatic heterocycles. The Labute approximate surface area is 82.6 Å². The Morgan fingerprint density at radius 2 is 1.86 bits per heavy atom. The van der Waals surface area contributed by atoms with Crippen molar-refractivity contribution in [1.82, 2.24) is 4.90 Å². The van der Waals surface area contributed by atoms with E-state index in [-0.39, 0.29) is 6.42 Å². The standard InChI is InChI=1S/C9H15NO4/c11-8(12)5-9-6-13-3-1-10(9)2-4-14-7-9/h1-7H2,(H,11,12). The maximum absolute atomic E-state index is 10.8. The minimum absolute atomic E-state index is 0.104. The second-order valence-corrected chi connectivity index (χ2v) is 3.89. The SMILES string of the molecule is O=C(O)CC12COCCN1CCOC2. The molecule has 0 atom stereocenters. The van der Waals surface area contributed by atoms with Crippen molar-refractivity contribution < 1.29 is 19.4 Å². The van der Waals surface area contributed by atoms with Crippen LogP contribution in [0.2, 0.25) is 0 Å². The Balaban J connectivity index is 2.11. The van der Waals surface area contributed by atoms with Crippen LogP contribution in [0, 0.1) is 0 Å². The van der Waals surface area contributed by atoms with E-state index in [1.807, 2.05) is 0 Å². The second kappa shape index (κ2) is 3.84. The van der Waals surface area contributed by atoms with Gasteiger partial charge in [0.25, 0.3) is 0 Å². The van der Waals surface area contributed by atoms with E-state index >= 15 is 0 Å². The minimum atomic E-state index is -0.786. The highest BCUT2D eigenvalue weighted by atomic mass is 16.5. The Hall–Kier alpha value is -0.650. The molecule has 0 spiro atoms. The maximum Gasteiger partial charge on any atom is 0.305 e. The van der Waals surface area contributed by atoms with Gasteiger partial charge in [-0.05, 0) is 0 Å². The van der Waals surface area contributed by atoms with Crippen LogP contribution >= 0.6 is 0 Å². The molecule has 0 radical (unpaired) electrons. The number of hydrogen-bond acceptors (Lipinski definition) is 4. The van der Waals surface area contributed by atoms with Gasteiger partial charge in [-0.1, -0.05) is 0 Å². The molecule has 5 nitrogen and oxygen atoms in total. The molecule has 2 rings (SSSR count). The molecular formula is C9H15NO4. The number of aliphatic carboxylic acids is 1. The van der Waals surface area contributed by atoms with Gasteiger partial charge in [0.15, 0.2) is 0 Å². The Bertz CT molecular complexity index is 219. The van der Waals surface area contributed by atoms with E-state index in [2.05, 4.69) is 4.90 Å². The molecule has 2 fully saturated rings. The summed E-state index contributed by atoms with van der Waals surface area (Å²) >= 11 is 0. The molecule has 0 aromatic rings. The zero-order valence-corrected chi connectivity index (χ0v) is 8.07. The first-order chi connectivity index (χ1) is 6.73. The normalized spacial score (nSPS) is 26.9. The van der Waals surface area contributed by atoms with E-state index < -0.39 is 11.5 Å². The van der Waals surface area contributed by atoms with Gasteiger partial charge in [0, 0.05) is 13.1 Å². The van der Waals surface area contributed by atoms with Crippen molar-refractivity contribution in [1.29, 1.82) is 0 Å². The van der Waals surface area contributed by atoms with Gasteiger partial charge in [-0.15, -0.1) is 0 Å². The lowest BCUT2D eigenvalue weighted by molar-refractivity contribution is -0.164. The summed E-state index contributed by atoms with van der Waals surface area (Å²) in [6.45, 7) is 3.97. The zero-order valence-electron chi connectivity index (χ0n) is 8.07. The summed E-state index contributed by atoms with van der Waals surface area (Å²) in [5, 5.41) is 8.86. The number of carbonyl (C=O) groups is 1. The van der Waals surface area contributed by atoms with Crippen LogP contribution in [0.15, 0.2) is 0 Å². The summed E-state index contributed by atoms with van der Waals surface area (Å²) in [4.78, 5) is 13.0. The highest BCUT2D eigenvalue weighted by Crippen LogP contribution is 2.27. The summed E-state index contributed by atoms with van der Waals surface area (Å²) in [6.07, 6.45) is 0.104. The molecule has 0 amide bonds. The predicted molar refractivity (Wildman–Crippen MR) is 48.2 cm³/mol. The van der Waals surface area contributed by atoms with Crippen molar-refractivity contribution in [3.05, 3.63) is 0 Å². The number of nitrogens with zero attached hydrogens (tertiary/aromatic N) is 1. The molecule has 2 aliphatic rings. The molecule has 0 aliphatic carbocycles. The predicted octanol–water partition coefficient (Wildman–Crippen LogP) is -0.438. The summed E-state index contributed by atoms with van der Waals surface area (Å²) < 4.78 is 10.7. The van der Waals surface area contributed by atoms with Crippen LogP contribution in [0.1, 0.15) is 6.42 Å². The molecule has 0 unspecified atom stereocenters. The number of rotatable bonds is 2. The van der Waals surface area contributed by atoms with E-state index in [1.54, 1.807) is 0 Å². The molecule has 5 heteroatoms. The van der Waals surface area contributed by atoms with Gasteiger partial charge in [-0.25, -0.2) is 0 Å². The Kier molecular flexibility index (Phi) is 2.71. The van der Waals surface area contributed by atoms with Crippen LogP contribution in [0.25, 0.3) is 0 Å². The molecule has 2 saturated heterocycles. The van der Waals surface area contributed by atoms with E-state index in [0.29, 0.717) is 26.4 Å². The molecule has 1 N–H and O–H groups in total. The monoisotopic (exact) mass is 201 g/mol. The lowest BCUT2D eigenvalue weighted by Crippen LogP contribution is -2.63. The highest BCUT2D eigenvalue weighted by Gasteiger charge is 2.43.